The molecule has 1 aliphatic rings. The van der Waals surface area contributed by atoms with Crippen LogP contribution in [0.3, 0.4) is 0 Å². The van der Waals surface area contributed by atoms with Crippen LogP contribution in [0.5, 0.6) is 0 Å². The highest BCUT2D eigenvalue weighted by molar-refractivity contribution is 5.88. The third kappa shape index (κ3) is 4.51. The number of nitrogens with one attached hydrogen (secondary N) is 1. The molecule has 0 radical (unpaired) electrons. The van der Waals surface area contributed by atoms with Gasteiger partial charge in [0, 0.05) is 43.2 Å². The normalized spacial score (nSPS) is 17.4. The highest BCUT2D eigenvalue weighted by atomic mass is 19.1. The maximum absolute atomic E-state index is 14.1. The largest absolute Gasteiger partial charge is 0.337 e. The summed E-state index contributed by atoms with van der Waals surface area (Å²) in [5.41, 5.74) is 0.999. The number of hydrogen-bond donors (Lipinski definition) is 1. The Hall–Kier alpha value is -3.06. The van der Waals surface area contributed by atoms with E-state index >= 15 is 0 Å². The van der Waals surface area contributed by atoms with E-state index in [1.807, 2.05) is 29.2 Å². The molecule has 0 saturated carbocycles. The van der Waals surface area contributed by atoms with Crippen LogP contribution in [0, 0.1) is 11.7 Å². The Labute approximate surface area is 180 Å². The molecule has 162 valence electrons. The Morgan fingerprint density at radius 3 is 2.58 bits per heavy atom. The molecule has 1 atom stereocenters. The molecule has 0 aliphatic carbocycles. The number of aromatic amines is 1. The molecule has 31 heavy (non-hydrogen) atoms. The molecule has 4 rings (SSSR count). The van der Waals surface area contributed by atoms with Crippen molar-refractivity contribution in [1.29, 1.82) is 0 Å². The minimum atomic E-state index is -0.256. The first-order valence-corrected chi connectivity index (χ1v) is 10.7. The lowest BCUT2D eigenvalue weighted by Gasteiger charge is -2.43. The van der Waals surface area contributed by atoms with E-state index in [1.54, 1.807) is 18.2 Å². The highest BCUT2D eigenvalue weighted by Crippen LogP contribution is 2.22. The van der Waals surface area contributed by atoms with E-state index in [0.717, 1.165) is 0 Å². The predicted octanol–water partition coefficient (Wildman–Crippen LogP) is 2.97. The number of carbonyl (C=O) groups excluding carboxylic acids is 1. The number of hydrogen-bond acceptors (Lipinski definition) is 4. The second-order valence-corrected chi connectivity index (χ2v) is 8.45. The number of rotatable bonds is 5. The van der Waals surface area contributed by atoms with Crippen molar-refractivity contribution in [3.05, 3.63) is 76.0 Å². The van der Waals surface area contributed by atoms with E-state index in [2.05, 4.69) is 28.9 Å². The topological polar surface area (TPSA) is 69.3 Å². The van der Waals surface area contributed by atoms with Crippen LogP contribution in [0.4, 0.5) is 4.39 Å². The maximum atomic E-state index is 14.1. The fraction of sp³-hybridized carbons (Fsp3) is 0.375. The smallest absolute Gasteiger partial charge is 0.272 e. The number of aromatic nitrogens is 2. The number of nitrogens with zero attached hydrogens (tertiary/aromatic N) is 3. The molecular weight excluding hydrogens is 395 g/mol. The Bertz CT molecular complexity index is 1140. The third-order valence-corrected chi connectivity index (χ3v) is 6.04. The lowest BCUT2D eigenvalue weighted by molar-refractivity contribution is -0.137. The van der Waals surface area contributed by atoms with Gasteiger partial charge in [0.15, 0.2) is 0 Å². The maximum Gasteiger partial charge on any atom is 0.272 e. The van der Waals surface area contributed by atoms with Crippen LogP contribution in [-0.4, -0.2) is 51.6 Å². The van der Waals surface area contributed by atoms with Crippen molar-refractivity contribution in [2.75, 3.05) is 19.6 Å². The number of amides is 1. The van der Waals surface area contributed by atoms with Gasteiger partial charge < -0.3 is 4.90 Å². The molecule has 1 aromatic heterocycles. The summed E-state index contributed by atoms with van der Waals surface area (Å²) in [7, 11) is 0. The molecule has 1 fully saturated rings. The van der Waals surface area contributed by atoms with Crippen molar-refractivity contribution in [1.82, 2.24) is 20.0 Å². The molecule has 6 nitrogen and oxygen atoms in total. The first-order chi connectivity index (χ1) is 14.9. The van der Waals surface area contributed by atoms with E-state index in [0.29, 0.717) is 48.2 Å². The van der Waals surface area contributed by atoms with Crippen LogP contribution in [0.15, 0.2) is 53.3 Å². The molecule has 1 saturated heterocycles. The number of H-pyrrole nitrogens is 1. The van der Waals surface area contributed by atoms with Crippen LogP contribution >= 0.6 is 0 Å². The third-order valence-electron chi connectivity index (χ3n) is 6.04. The number of piperazine rings is 1. The molecular formula is C24H27FN4O2. The minimum absolute atomic E-state index is 0.00561. The summed E-state index contributed by atoms with van der Waals surface area (Å²) < 4.78 is 14.1. The summed E-state index contributed by atoms with van der Waals surface area (Å²) >= 11 is 0. The average molecular weight is 423 g/mol. The molecule has 0 unspecified atom stereocenters. The summed E-state index contributed by atoms with van der Waals surface area (Å²) in [6, 6.07) is 14.1. The fourth-order valence-electron chi connectivity index (χ4n) is 4.31. The SMILES string of the molecule is CC(C)[C@H]1CN(Cc2ccccc2F)CCN1C(=O)Cc1n[nH]c(=O)c2ccccc12. The molecule has 1 N–H and O–H groups in total. The van der Waals surface area contributed by atoms with E-state index in [-0.39, 0.29) is 35.7 Å². The fourth-order valence-corrected chi connectivity index (χ4v) is 4.31. The molecule has 1 aliphatic heterocycles. The van der Waals surface area contributed by atoms with Gasteiger partial charge in [0.1, 0.15) is 5.82 Å². The van der Waals surface area contributed by atoms with Gasteiger partial charge in [-0.3, -0.25) is 14.5 Å². The van der Waals surface area contributed by atoms with Gasteiger partial charge in [0.25, 0.3) is 5.56 Å². The van der Waals surface area contributed by atoms with Gasteiger partial charge in [-0.25, -0.2) is 9.49 Å². The number of fused-ring (bicyclic) bond motifs is 1. The van der Waals surface area contributed by atoms with Gasteiger partial charge in [-0.05, 0) is 18.1 Å². The van der Waals surface area contributed by atoms with Crippen LogP contribution in [0.2, 0.25) is 0 Å². The Balaban J connectivity index is 1.50. The number of halogens is 1. The molecule has 1 amide bonds. The van der Waals surface area contributed by atoms with Crippen LogP contribution < -0.4 is 5.56 Å². The van der Waals surface area contributed by atoms with Crippen molar-refractivity contribution in [2.24, 2.45) is 5.92 Å². The predicted molar refractivity (Wildman–Crippen MR) is 118 cm³/mol. The molecule has 0 spiro atoms. The quantitative estimate of drug-likeness (QED) is 0.686. The first kappa shape index (κ1) is 21.2. The van der Waals surface area contributed by atoms with E-state index in [9.17, 15) is 14.0 Å². The van der Waals surface area contributed by atoms with Crippen molar-refractivity contribution >= 4 is 16.7 Å². The molecule has 2 aromatic carbocycles. The van der Waals surface area contributed by atoms with Gasteiger partial charge in [-0.15, -0.1) is 0 Å². The van der Waals surface area contributed by atoms with Crippen molar-refractivity contribution in [3.8, 4) is 0 Å². The van der Waals surface area contributed by atoms with Gasteiger partial charge in [0.2, 0.25) is 5.91 Å². The summed E-state index contributed by atoms with van der Waals surface area (Å²) in [5.74, 6) is 0.0553. The number of carbonyl (C=O) groups is 1. The molecule has 0 bridgehead atoms. The summed E-state index contributed by atoms with van der Waals surface area (Å²) in [6.45, 7) is 6.69. The zero-order chi connectivity index (χ0) is 22.0. The zero-order valence-electron chi connectivity index (χ0n) is 17.8. The summed E-state index contributed by atoms with van der Waals surface area (Å²) in [4.78, 5) is 29.4. The lowest BCUT2D eigenvalue weighted by Crippen LogP contribution is -2.57. The van der Waals surface area contributed by atoms with Crippen molar-refractivity contribution < 1.29 is 9.18 Å². The lowest BCUT2D eigenvalue weighted by atomic mass is 9.98. The van der Waals surface area contributed by atoms with E-state index in [4.69, 9.17) is 0 Å². The Kier molecular flexibility index (Phi) is 6.13. The Morgan fingerprint density at radius 1 is 1.13 bits per heavy atom. The van der Waals surface area contributed by atoms with Crippen molar-refractivity contribution in [2.45, 2.75) is 32.9 Å². The van der Waals surface area contributed by atoms with Gasteiger partial charge in [-0.1, -0.05) is 50.2 Å². The highest BCUT2D eigenvalue weighted by Gasteiger charge is 2.33. The van der Waals surface area contributed by atoms with Gasteiger partial charge in [0.05, 0.1) is 17.5 Å². The standard InChI is InChI=1S/C24H27FN4O2/c1-16(2)22-15-28(14-17-7-3-6-10-20(17)25)11-12-29(22)23(30)13-21-18-8-4-5-9-19(18)24(31)27-26-21/h3-10,16,22H,11-15H2,1-2H3,(H,27,31)/t22-/m1/s1. The van der Waals surface area contributed by atoms with Crippen LogP contribution in [0.25, 0.3) is 10.8 Å². The van der Waals surface area contributed by atoms with E-state index < -0.39 is 0 Å². The van der Waals surface area contributed by atoms with Crippen LogP contribution in [-0.2, 0) is 17.8 Å². The van der Waals surface area contributed by atoms with Crippen LogP contribution in [0.1, 0.15) is 25.1 Å². The van der Waals surface area contributed by atoms with Gasteiger partial charge in [-0.2, -0.15) is 5.10 Å². The second-order valence-electron chi connectivity index (χ2n) is 8.45. The zero-order valence-corrected chi connectivity index (χ0v) is 17.8. The van der Waals surface area contributed by atoms with E-state index in [1.165, 1.54) is 6.07 Å². The van der Waals surface area contributed by atoms with Gasteiger partial charge >= 0.3 is 0 Å². The minimum Gasteiger partial charge on any atom is -0.337 e. The second kappa shape index (κ2) is 8.98. The summed E-state index contributed by atoms with van der Waals surface area (Å²) in [5, 5.41) is 7.90. The molecule has 2 heterocycles. The molecule has 3 aromatic rings. The average Bonchev–Trinajstić information content (AvgIpc) is 2.77. The Morgan fingerprint density at radius 2 is 1.84 bits per heavy atom. The number of benzene rings is 2. The first-order valence-electron chi connectivity index (χ1n) is 10.7. The summed E-state index contributed by atoms with van der Waals surface area (Å²) in [6.07, 6.45) is 0.133. The monoisotopic (exact) mass is 422 g/mol. The van der Waals surface area contributed by atoms with Crippen molar-refractivity contribution in [3.63, 3.8) is 0 Å². The molecule has 7 heteroatoms.